The van der Waals surface area contributed by atoms with Gasteiger partial charge >= 0.3 is 5.97 Å². The Morgan fingerprint density at radius 2 is 1.21 bits per heavy atom. The van der Waals surface area contributed by atoms with Crippen LogP contribution >= 0.6 is 0 Å². The van der Waals surface area contributed by atoms with Crippen LogP contribution in [0.4, 0.5) is 5.69 Å². The number of anilines is 1. The third-order valence-electron chi connectivity index (χ3n) is 5.97. The molecule has 0 radical (unpaired) electrons. The van der Waals surface area contributed by atoms with E-state index in [1.54, 1.807) is 24.5 Å². The molecule has 3 aliphatic carbocycles. The van der Waals surface area contributed by atoms with Crippen LogP contribution in [0.15, 0.2) is 73.1 Å². The zero-order chi connectivity index (χ0) is 19.3. The Morgan fingerprint density at radius 3 is 1.68 bits per heavy atom. The number of amides is 1. The van der Waals surface area contributed by atoms with Crippen LogP contribution in [0.1, 0.15) is 34.1 Å². The number of carbonyl (C=O) groups is 2. The van der Waals surface area contributed by atoms with Crippen LogP contribution in [0.5, 0.6) is 0 Å². The quantitative estimate of drug-likeness (QED) is 0.738. The molecule has 5 heteroatoms. The Balaban J connectivity index is 1.67. The summed E-state index contributed by atoms with van der Waals surface area (Å²) in [5.41, 5.74) is 4.77. The molecule has 1 amide bonds. The predicted octanol–water partition coefficient (Wildman–Crippen LogP) is 3.63. The number of nitrogens with one attached hydrogen (secondary N) is 1. The average molecular weight is 370 g/mol. The number of aliphatic carboxylic acids is 1. The van der Waals surface area contributed by atoms with Crippen molar-refractivity contribution >= 4 is 17.6 Å². The second kappa shape index (κ2) is 6.30. The van der Waals surface area contributed by atoms with Gasteiger partial charge in [-0.05, 0) is 34.4 Å². The van der Waals surface area contributed by atoms with Crippen LogP contribution in [-0.4, -0.2) is 22.0 Å². The van der Waals surface area contributed by atoms with Crippen molar-refractivity contribution in [2.75, 3.05) is 5.32 Å². The van der Waals surface area contributed by atoms with Gasteiger partial charge in [0.25, 0.3) is 0 Å². The standard InChI is InChI=1S/C23H18N2O3/c26-22(25-13-9-11-24-12-10-13)20-18-14-5-1-3-7-16(14)19(21(20)23(27)28)17-8-4-2-6-15(17)18/h1-12,18-21H,(H,27,28)(H,24,25,26)/t18?,19?,20-,21-/m0/s1. The first-order chi connectivity index (χ1) is 13.7. The highest BCUT2D eigenvalue weighted by molar-refractivity contribution is 5.97. The van der Waals surface area contributed by atoms with Gasteiger partial charge in [-0.2, -0.15) is 0 Å². The van der Waals surface area contributed by atoms with E-state index in [2.05, 4.69) is 10.3 Å². The molecule has 0 fully saturated rings. The molecule has 0 unspecified atom stereocenters. The van der Waals surface area contributed by atoms with E-state index in [0.717, 1.165) is 22.3 Å². The highest BCUT2D eigenvalue weighted by Gasteiger charge is 2.55. The normalized spacial score (nSPS) is 24.1. The fourth-order valence-electron chi connectivity index (χ4n) is 4.95. The number of pyridine rings is 1. The monoisotopic (exact) mass is 370 g/mol. The summed E-state index contributed by atoms with van der Waals surface area (Å²) in [6.07, 6.45) is 3.20. The summed E-state index contributed by atoms with van der Waals surface area (Å²) in [6.45, 7) is 0. The molecule has 138 valence electrons. The number of carboxylic acid groups (broad SMARTS) is 1. The van der Waals surface area contributed by atoms with Crippen LogP contribution in [0.3, 0.4) is 0 Å². The molecular weight excluding hydrogens is 352 g/mol. The molecule has 0 spiro atoms. The number of fused-ring (bicyclic) bond motifs is 1. The molecule has 1 heterocycles. The van der Waals surface area contributed by atoms with Gasteiger partial charge in [-0.3, -0.25) is 14.6 Å². The zero-order valence-electron chi connectivity index (χ0n) is 14.9. The lowest BCUT2D eigenvalue weighted by Gasteiger charge is -2.48. The number of aromatic nitrogens is 1. The average Bonchev–Trinajstić information content (AvgIpc) is 2.73. The van der Waals surface area contributed by atoms with Crippen LogP contribution in [0.25, 0.3) is 0 Å². The van der Waals surface area contributed by atoms with E-state index >= 15 is 0 Å². The Labute approximate surface area is 162 Å². The molecule has 28 heavy (non-hydrogen) atoms. The number of carbonyl (C=O) groups excluding carboxylic acids is 1. The van der Waals surface area contributed by atoms with Gasteiger partial charge < -0.3 is 10.4 Å². The fraction of sp³-hybridized carbons (Fsp3) is 0.174. The minimum Gasteiger partial charge on any atom is -0.481 e. The van der Waals surface area contributed by atoms with Crippen molar-refractivity contribution in [3.63, 3.8) is 0 Å². The Morgan fingerprint density at radius 1 is 0.750 bits per heavy atom. The molecule has 0 aliphatic heterocycles. The van der Waals surface area contributed by atoms with Crippen molar-refractivity contribution in [2.24, 2.45) is 11.8 Å². The van der Waals surface area contributed by atoms with E-state index < -0.39 is 17.8 Å². The van der Waals surface area contributed by atoms with Gasteiger partial charge in [0.1, 0.15) is 0 Å². The molecular formula is C23H18N2O3. The van der Waals surface area contributed by atoms with Gasteiger partial charge in [-0.25, -0.2) is 0 Å². The maximum atomic E-state index is 13.3. The van der Waals surface area contributed by atoms with Crippen molar-refractivity contribution in [3.8, 4) is 0 Å². The van der Waals surface area contributed by atoms with Gasteiger partial charge in [0.15, 0.2) is 0 Å². The Bertz CT molecular complexity index is 1030. The minimum atomic E-state index is -0.936. The van der Waals surface area contributed by atoms with Gasteiger partial charge in [-0.15, -0.1) is 0 Å². The Kier molecular flexibility index (Phi) is 3.76. The maximum absolute atomic E-state index is 13.3. The van der Waals surface area contributed by atoms with E-state index in [1.807, 2.05) is 48.5 Å². The zero-order valence-corrected chi connectivity index (χ0v) is 14.9. The third-order valence-corrected chi connectivity index (χ3v) is 5.97. The molecule has 0 saturated heterocycles. The predicted molar refractivity (Wildman–Crippen MR) is 104 cm³/mol. The first-order valence-electron chi connectivity index (χ1n) is 9.28. The summed E-state index contributed by atoms with van der Waals surface area (Å²) in [4.78, 5) is 29.6. The van der Waals surface area contributed by atoms with Crippen molar-refractivity contribution in [2.45, 2.75) is 11.8 Å². The summed E-state index contributed by atoms with van der Waals surface area (Å²) < 4.78 is 0. The molecule has 2 atom stereocenters. The molecule has 2 aromatic carbocycles. The number of hydrogen-bond donors (Lipinski definition) is 2. The van der Waals surface area contributed by atoms with Crippen LogP contribution in [0, 0.1) is 11.8 Å². The lowest BCUT2D eigenvalue weighted by Crippen LogP contribution is -2.48. The minimum absolute atomic E-state index is 0.266. The smallest absolute Gasteiger partial charge is 0.308 e. The summed E-state index contributed by atoms with van der Waals surface area (Å²) >= 11 is 0. The van der Waals surface area contributed by atoms with E-state index in [4.69, 9.17) is 0 Å². The van der Waals surface area contributed by atoms with Gasteiger partial charge in [0, 0.05) is 29.9 Å². The summed E-state index contributed by atoms with van der Waals surface area (Å²) in [7, 11) is 0. The van der Waals surface area contributed by atoms with Gasteiger partial charge in [0.05, 0.1) is 11.8 Å². The largest absolute Gasteiger partial charge is 0.481 e. The number of nitrogens with zero attached hydrogens (tertiary/aromatic N) is 1. The van der Waals surface area contributed by atoms with E-state index in [1.165, 1.54) is 0 Å². The van der Waals surface area contributed by atoms with E-state index in [0.29, 0.717) is 5.69 Å². The van der Waals surface area contributed by atoms with Crippen LogP contribution < -0.4 is 5.32 Å². The fourth-order valence-corrected chi connectivity index (χ4v) is 4.95. The lowest BCUT2D eigenvalue weighted by molar-refractivity contribution is -0.148. The number of rotatable bonds is 3. The van der Waals surface area contributed by atoms with Crippen molar-refractivity contribution in [3.05, 3.63) is 95.3 Å². The highest BCUT2D eigenvalue weighted by atomic mass is 16.4. The number of benzene rings is 2. The number of hydrogen-bond acceptors (Lipinski definition) is 3. The summed E-state index contributed by atoms with van der Waals surface area (Å²) in [5, 5.41) is 13.0. The number of carboxylic acids is 1. The van der Waals surface area contributed by atoms with Gasteiger partial charge in [-0.1, -0.05) is 48.5 Å². The second-order valence-corrected chi connectivity index (χ2v) is 7.33. The van der Waals surface area contributed by atoms with Crippen LogP contribution in [0.2, 0.25) is 0 Å². The first kappa shape index (κ1) is 16.7. The highest BCUT2D eigenvalue weighted by Crippen LogP contribution is 2.58. The molecule has 5 nitrogen and oxygen atoms in total. The lowest BCUT2D eigenvalue weighted by atomic mass is 9.54. The molecule has 6 rings (SSSR count). The second-order valence-electron chi connectivity index (χ2n) is 7.33. The first-order valence-corrected chi connectivity index (χ1v) is 9.28. The molecule has 3 aliphatic rings. The van der Waals surface area contributed by atoms with Crippen molar-refractivity contribution in [1.29, 1.82) is 0 Å². The molecule has 2 bridgehead atoms. The molecule has 3 aromatic rings. The topological polar surface area (TPSA) is 79.3 Å². The molecule has 0 saturated carbocycles. The SMILES string of the molecule is O=C(O)[C@H]1C2c3ccccc3C(c3ccccc32)[C@@H]1C(=O)Nc1ccncc1. The van der Waals surface area contributed by atoms with E-state index in [9.17, 15) is 14.7 Å². The summed E-state index contributed by atoms with van der Waals surface area (Å²) in [5.74, 6) is -3.30. The summed E-state index contributed by atoms with van der Waals surface area (Å²) in [6, 6.07) is 19.2. The molecule has 2 N–H and O–H groups in total. The van der Waals surface area contributed by atoms with Crippen molar-refractivity contribution in [1.82, 2.24) is 4.98 Å². The van der Waals surface area contributed by atoms with E-state index in [-0.39, 0.29) is 17.7 Å². The van der Waals surface area contributed by atoms with Crippen molar-refractivity contribution < 1.29 is 14.7 Å². The Hall–Kier alpha value is -3.47. The third kappa shape index (κ3) is 2.36. The maximum Gasteiger partial charge on any atom is 0.308 e. The van der Waals surface area contributed by atoms with Crippen LogP contribution in [-0.2, 0) is 9.59 Å². The molecule has 1 aromatic heterocycles. The van der Waals surface area contributed by atoms with Gasteiger partial charge in [0.2, 0.25) is 5.91 Å².